The van der Waals surface area contributed by atoms with Gasteiger partial charge in [-0.2, -0.15) is 21.0 Å². The zero-order valence-electron chi connectivity index (χ0n) is 12.8. The van der Waals surface area contributed by atoms with Crippen LogP contribution < -0.4 is 0 Å². The molecule has 0 heterocycles. The highest BCUT2D eigenvalue weighted by atomic mass is 35.5. The van der Waals surface area contributed by atoms with Gasteiger partial charge in [-0.1, -0.05) is 92.8 Å². The van der Waals surface area contributed by atoms with Crippen LogP contribution in [0.15, 0.2) is 0 Å². The molecule has 28 heavy (non-hydrogen) atoms. The Balaban J connectivity index is 0.000000280. The lowest BCUT2D eigenvalue weighted by atomic mass is 10.1. The van der Waals surface area contributed by atoms with Gasteiger partial charge in [-0.15, -0.1) is 0 Å². The highest BCUT2D eigenvalue weighted by molar-refractivity contribution is 6.53. The van der Waals surface area contributed by atoms with Crippen LogP contribution in [0.1, 0.15) is 22.3 Å². The summed E-state index contributed by atoms with van der Waals surface area (Å²) in [5, 5.41) is 34.6. The van der Waals surface area contributed by atoms with Crippen molar-refractivity contribution in [2.75, 3.05) is 0 Å². The molecule has 140 valence electrons. The molecule has 0 radical (unpaired) electrons. The van der Waals surface area contributed by atoms with Crippen LogP contribution in [0.4, 0.5) is 0 Å². The maximum atomic E-state index is 8.72. The van der Waals surface area contributed by atoms with E-state index in [4.69, 9.17) is 114 Å². The average molecular weight is 532 g/mol. The second kappa shape index (κ2) is 10.5. The second-order valence-corrected chi connectivity index (χ2v) is 7.48. The van der Waals surface area contributed by atoms with Crippen molar-refractivity contribution in [2.24, 2.45) is 0 Å². The molecule has 0 fully saturated rings. The Morgan fingerprint density at radius 3 is 0.571 bits per heavy atom. The van der Waals surface area contributed by atoms with E-state index in [1.54, 1.807) is 24.3 Å². The molecule has 0 unspecified atom stereocenters. The third kappa shape index (κ3) is 4.64. The number of hydrogen-bond donors (Lipinski definition) is 0. The summed E-state index contributed by atoms with van der Waals surface area (Å²) in [4.78, 5) is 0. The zero-order chi connectivity index (χ0) is 21.8. The number of halogens is 8. The van der Waals surface area contributed by atoms with Gasteiger partial charge in [-0.05, 0) is 0 Å². The van der Waals surface area contributed by atoms with Gasteiger partial charge in [0.25, 0.3) is 0 Å². The van der Waals surface area contributed by atoms with Gasteiger partial charge in [0.1, 0.15) is 24.3 Å². The maximum Gasteiger partial charge on any atom is 0.102 e. The van der Waals surface area contributed by atoms with Crippen molar-refractivity contribution in [3.63, 3.8) is 0 Å². The summed E-state index contributed by atoms with van der Waals surface area (Å²) >= 11 is 45.6. The standard InChI is InChI=1S/2C8Cl4N2/c2*9-5-3(1-13)4(2-14)6(10)8(12)7(5)11. The summed E-state index contributed by atoms with van der Waals surface area (Å²) in [7, 11) is 0. The van der Waals surface area contributed by atoms with Gasteiger partial charge in [0.05, 0.1) is 62.4 Å². The molecule has 0 N–H and O–H groups in total. The topological polar surface area (TPSA) is 95.2 Å². The van der Waals surface area contributed by atoms with E-state index < -0.39 is 0 Å². The van der Waals surface area contributed by atoms with Gasteiger partial charge in [-0.25, -0.2) is 0 Å². The van der Waals surface area contributed by atoms with Crippen LogP contribution in [0.3, 0.4) is 0 Å². The molecule has 2 rings (SSSR count). The number of nitrogens with zero attached hydrogens (tertiary/aromatic N) is 4. The average Bonchev–Trinajstić information content (AvgIpc) is 2.70. The Morgan fingerprint density at radius 2 is 0.464 bits per heavy atom. The third-order valence-electron chi connectivity index (χ3n) is 2.98. The van der Waals surface area contributed by atoms with Crippen molar-refractivity contribution in [1.82, 2.24) is 0 Å². The van der Waals surface area contributed by atoms with Gasteiger partial charge >= 0.3 is 0 Å². The predicted molar refractivity (Wildman–Crippen MR) is 112 cm³/mol. The lowest BCUT2D eigenvalue weighted by Gasteiger charge is -2.05. The Bertz CT molecular complexity index is 965. The molecule has 0 aliphatic carbocycles. The van der Waals surface area contributed by atoms with E-state index >= 15 is 0 Å². The van der Waals surface area contributed by atoms with Gasteiger partial charge in [0.2, 0.25) is 0 Å². The largest absolute Gasteiger partial charge is 0.192 e. The summed E-state index contributed by atoms with van der Waals surface area (Å²) in [6.45, 7) is 0. The molecule has 0 bridgehead atoms. The van der Waals surface area contributed by atoms with E-state index in [2.05, 4.69) is 0 Å². The molecule has 0 atom stereocenters. The van der Waals surface area contributed by atoms with E-state index in [0.717, 1.165) is 0 Å². The van der Waals surface area contributed by atoms with E-state index in [1.807, 2.05) is 0 Å². The van der Waals surface area contributed by atoms with Crippen molar-refractivity contribution in [3.8, 4) is 24.3 Å². The third-order valence-corrected chi connectivity index (χ3v) is 6.59. The molecule has 0 aliphatic rings. The van der Waals surface area contributed by atoms with Crippen molar-refractivity contribution in [2.45, 2.75) is 0 Å². The van der Waals surface area contributed by atoms with Crippen molar-refractivity contribution < 1.29 is 0 Å². The first-order valence-electron chi connectivity index (χ1n) is 6.41. The van der Waals surface area contributed by atoms with E-state index in [1.165, 1.54) is 0 Å². The fourth-order valence-electron chi connectivity index (χ4n) is 1.68. The maximum absolute atomic E-state index is 8.72. The first-order chi connectivity index (χ1) is 13.1. The summed E-state index contributed by atoms with van der Waals surface area (Å²) in [6.07, 6.45) is 0. The molecule has 0 aromatic heterocycles. The Kier molecular flexibility index (Phi) is 9.27. The van der Waals surface area contributed by atoms with Crippen LogP contribution in [0, 0.1) is 45.3 Å². The summed E-state index contributed by atoms with van der Waals surface area (Å²) < 4.78 is 0. The fourth-order valence-corrected chi connectivity index (χ4v) is 3.56. The molecule has 0 saturated carbocycles. The number of hydrogen-bond acceptors (Lipinski definition) is 4. The zero-order valence-corrected chi connectivity index (χ0v) is 18.9. The molecule has 0 aliphatic heterocycles. The van der Waals surface area contributed by atoms with Crippen LogP contribution in [-0.4, -0.2) is 0 Å². The van der Waals surface area contributed by atoms with Crippen molar-refractivity contribution >= 4 is 92.8 Å². The minimum Gasteiger partial charge on any atom is -0.192 e. The lowest BCUT2D eigenvalue weighted by molar-refractivity contribution is 1.43. The molecule has 12 heteroatoms. The highest BCUT2D eigenvalue weighted by Gasteiger charge is 2.20. The smallest absolute Gasteiger partial charge is 0.102 e. The Morgan fingerprint density at radius 1 is 0.321 bits per heavy atom. The minimum atomic E-state index is -0.0615. The van der Waals surface area contributed by atoms with Gasteiger partial charge < -0.3 is 0 Å². The molecular formula is C16Cl8N4. The van der Waals surface area contributed by atoms with Gasteiger partial charge in [-0.3, -0.25) is 0 Å². The highest BCUT2D eigenvalue weighted by Crippen LogP contribution is 2.41. The summed E-state index contributed by atoms with van der Waals surface area (Å²) in [5.74, 6) is 0. The first kappa shape index (κ1) is 24.8. The molecule has 0 amide bonds. The number of nitriles is 4. The molecule has 4 nitrogen and oxygen atoms in total. The van der Waals surface area contributed by atoms with E-state index in [9.17, 15) is 0 Å². The van der Waals surface area contributed by atoms with Crippen LogP contribution >= 0.6 is 92.8 Å². The summed E-state index contributed by atoms with van der Waals surface area (Å²) in [5.41, 5.74) is -0.246. The van der Waals surface area contributed by atoms with Gasteiger partial charge in [0, 0.05) is 0 Å². The van der Waals surface area contributed by atoms with Crippen molar-refractivity contribution in [1.29, 1.82) is 21.0 Å². The Labute approximate surface area is 199 Å². The molecule has 0 saturated heterocycles. The Hall–Kier alpha value is -1.28. The van der Waals surface area contributed by atoms with Crippen LogP contribution in [0.5, 0.6) is 0 Å². The van der Waals surface area contributed by atoms with E-state index in [0.29, 0.717) is 0 Å². The quantitative estimate of drug-likeness (QED) is 0.253. The first-order valence-corrected chi connectivity index (χ1v) is 9.43. The number of benzene rings is 2. The van der Waals surface area contributed by atoms with Crippen LogP contribution in [0.25, 0.3) is 0 Å². The van der Waals surface area contributed by atoms with Crippen LogP contribution in [-0.2, 0) is 0 Å². The molecule has 2 aromatic carbocycles. The molecule has 0 spiro atoms. The lowest BCUT2D eigenvalue weighted by Crippen LogP contribution is -1.90. The van der Waals surface area contributed by atoms with Gasteiger partial charge in [0.15, 0.2) is 0 Å². The van der Waals surface area contributed by atoms with Crippen LogP contribution in [0.2, 0.25) is 40.2 Å². The monoisotopic (exact) mass is 528 g/mol. The predicted octanol–water partition coefficient (Wildman–Crippen LogP) is 8.09. The second-order valence-electron chi connectivity index (χ2n) is 4.46. The SMILES string of the molecule is N#Cc1c(Cl)c(Cl)c(Cl)c(Cl)c1C#N.N#Cc1c(Cl)c(Cl)c(Cl)c(Cl)c1C#N. The minimum absolute atomic E-state index is 0.0196. The molecular weight excluding hydrogens is 532 g/mol. The molecule has 2 aromatic rings. The van der Waals surface area contributed by atoms with E-state index in [-0.39, 0.29) is 62.4 Å². The fraction of sp³-hybridized carbons (Fsp3) is 0. The summed E-state index contributed by atoms with van der Waals surface area (Å²) in [6, 6.07) is 6.97. The van der Waals surface area contributed by atoms with Crippen molar-refractivity contribution in [3.05, 3.63) is 62.4 Å². The number of rotatable bonds is 0. The normalized spacial score (nSPS) is 9.29.